The third-order valence-electron chi connectivity index (χ3n) is 8.28. The van der Waals surface area contributed by atoms with Gasteiger partial charge in [0.1, 0.15) is 11.5 Å². The Balaban J connectivity index is 0.000000238. The fraction of sp³-hybridized carbons (Fsp3) is 0.742. The molecule has 0 bridgehead atoms. The van der Waals surface area contributed by atoms with Gasteiger partial charge in [-0.25, -0.2) is 8.78 Å². The van der Waals surface area contributed by atoms with Crippen molar-refractivity contribution in [3.63, 3.8) is 0 Å². The molecule has 2 fully saturated rings. The van der Waals surface area contributed by atoms with Crippen LogP contribution in [0.25, 0.3) is 0 Å². The minimum absolute atomic E-state index is 0.0341. The zero-order chi connectivity index (χ0) is 32.4. The van der Waals surface area contributed by atoms with Crippen molar-refractivity contribution in [3.05, 3.63) is 23.7 Å². The monoisotopic (exact) mass is 608 g/mol. The second-order valence-corrected chi connectivity index (χ2v) is 14.7. The van der Waals surface area contributed by atoms with Gasteiger partial charge in [-0.15, -0.1) is 0 Å². The quantitative estimate of drug-likeness (QED) is 0.398. The predicted molar refractivity (Wildman–Crippen MR) is 162 cm³/mol. The summed E-state index contributed by atoms with van der Waals surface area (Å²) in [6.07, 6.45) is 1.88. The Labute approximate surface area is 254 Å². The first-order chi connectivity index (χ1) is 19.6. The molecule has 0 saturated carbocycles. The van der Waals surface area contributed by atoms with Crippen LogP contribution in [0, 0.1) is 0 Å². The molecule has 2 aliphatic heterocycles. The molecule has 0 atom stereocenters. The van der Waals surface area contributed by atoms with Crippen LogP contribution in [-0.2, 0) is 20.4 Å². The molecule has 4 rings (SSSR count). The van der Waals surface area contributed by atoms with Crippen molar-refractivity contribution in [3.8, 4) is 0 Å². The maximum Gasteiger partial charge on any atom is 0.250 e. The molecule has 4 heterocycles. The minimum Gasteiger partial charge on any atom is -0.359 e. The van der Waals surface area contributed by atoms with Crippen LogP contribution in [-0.4, -0.2) is 75.1 Å². The number of piperidine rings is 1. The average molecular weight is 609 g/mol. The summed E-state index contributed by atoms with van der Waals surface area (Å²) < 4.78 is 37.1. The fourth-order valence-electron chi connectivity index (χ4n) is 4.87. The Morgan fingerprint density at radius 3 is 1.37 bits per heavy atom. The van der Waals surface area contributed by atoms with Gasteiger partial charge in [0.2, 0.25) is 11.8 Å². The largest absolute Gasteiger partial charge is 0.359 e. The number of carbonyl (C=O) groups excluding carboxylic acids is 2. The molecule has 2 amide bonds. The summed E-state index contributed by atoms with van der Waals surface area (Å²) in [6, 6.07) is 3.50. The Morgan fingerprint density at radius 2 is 1.05 bits per heavy atom. The molecule has 0 unspecified atom stereocenters. The molecule has 2 aliphatic rings. The molecular weight excluding hydrogens is 558 g/mol. The normalized spacial score (nSPS) is 18.6. The van der Waals surface area contributed by atoms with Crippen molar-refractivity contribution >= 4 is 23.5 Å². The smallest absolute Gasteiger partial charge is 0.250 e. The third kappa shape index (κ3) is 8.84. The van der Waals surface area contributed by atoms with E-state index in [0.29, 0.717) is 17.4 Å². The predicted octanol–water partition coefficient (Wildman–Crippen LogP) is 6.21. The van der Waals surface area contributed by atoms with E-state index in [0.717, 1.165) is 31.7 Å². The number of carbonyl (C=O) groups is 2. The van der Waals surface area contributed by atoms with E-state index >= 15 is 0 Å². The highest BCUT2D eigenvalue weighted by Gasteiger charge is 2.42. The Hall–Kier alpha value is -2.86. The first-order valence-corrected chi connectivity index (χ1v) is 15.1. The van der Waals surface area contributed by atoms with Crippen LogP contribution >= 0.6 is 0 Å². The van der Waals surface area contributed by atoms with E-state index in [1.807, 2.05) is 55.4 Å². The van der Waals surface area contributed by atoms with E-state index in [-0.39, 0.29) is 48.6 Å². The Kier molecular flexibility index (Phi) is 10.2. The number of alkyl halides is 2. The van der Waals surface area contributed by atoms with E-state index < -0.39 is 17.0 Å². The van der Waals surface area contributed by atoms with E-state index in [1.54, 1.807) is 30.9 Å². The molecule has 2 aromatic heterocycles. The lowest BCUT2D eigenvalue weighted by Crippen LogP contribution is -2.56. The highest BCUT2D eigenvalue weighted by atomic mass is 19.3. The van der Waals surface area contributed by atoms with Crippen molar-refractivity contribution in [2.45, 2.75) is 123 Å². The number of hydrogen-bond donors (Lipinski definition) is 2. The van der Waals surface area contributed by atoms with E-state index in [4.69, 9.17) is 9.05 Å². The van der Waals surface area contributed by atoms with Crippen LogP contribution in [0.5, 0.6) is 0 Å². The van der Waals surface area contributed by atoms with Gasteiger partial charge >= 0.3 is 0 Å². The first-order valence-electron chi connectivity index (χ1n) is 15.1. The number of anilines is 2. The van der Waals surface area contributed by atoms with Crippen LogP contribution in [0.2, 0.25) is 0 Å². The lowest BCUT2D eigenvalue weighted by atomic mass is 9.93. The summed E-state index contributed by atoms with van der Waals surface area (Å²) in [5.41, 5.74) is -1.72. The van der Waals surface area contributed by atoms with Crippen molar-refractivity contribution in [1.29, 1.82) is 0 Å². The summed E-state index contributed by atoms with van der Waals surface area (Å²) in [4.78, 5) is 29.0. The van der Waals surface area contributed by atoms with Crippen molar-refractivity contribution in [2.24, 2.45) is 0 Å². The van der Waals surface area contributed by atoms with Gasteiger partial charge in [0, 0.05) is 48.9 Å². The summed E-state index contributed by atoms with van der Waals surface area (Å²) in [7, 11) is 0. The molecule has 0 aromatic carbocycles. The van der Waals surface area contributed by atoms with Crippen molar-refractivity contribution in [2.75, 3.05) is 36.8 Å². The lowest BCUT2D eigenvalue weighted by molar-refractivity contribution is -0.131. The molecule has 2 aromatic rings. The van der Waals surface area contributed by atoms with Gasteiger partial charge in [-0.2, -0.15) is 0 Å². The van der Waals surface area contributed by atoms with Crippen LogP contribution < -0.4 is 10.6 Å². The summed E-state index contributed by atoms with van der Waals surface area (Å²) in [5, 5.41) is 13.4. The van der Waals surface area contributed by atoms with Gasteiger partial charge < -0.3 is 19.7 Å². The number of rotatable bonds is 6. The standard InChI is InChI=1S/C16H25F2N3O2.C15H25N3O2/c1-14(2,3)11-10-12(20-23-11)19-13(22)15(4,5)21-8-6-16(17,18)7-9-21;1-14(2,3)11-10-12(17-20-11)16-13(19)15(4,5)18-8-6-7-9-18/h10H,6-9H2,1-5H3,(H,19,20,22);10H,6-9H2,1-5H3,(H,16,17,19). The van der Waals surface area contributed by atoms with Crippen LogP contribution in [0.1, 0.15) is 106 Å². The highest BCUT2D eigenvalue weighted by molar-refractivity contribution is 5.97. The van der Waals surface area contributed by atoms with Crippen LogP contribution in [0.3, 0.4) is 0 Å². The molecule has 0 aliphatic carbocycles. The summed E-state index contributed by atoms with van der Waals surface area (Å²) in [5.74, 6) is -0.668. The maximum atomic E-state index is 13.3. The molecule has 12 heteroatoms. The van der Waals surface area contributed by atoms with Gasteiger partial charge in [-0.1, -0.05) is 51.9 Å². The number of hydrogen-bond acceptors (Lipinski definition) is 8. The Morgan fingerprint density at radius 1 is 0.698 bits per heavy atom. The van der Waals surface area contributed by atoms with E-state index in [2.05, 4.69) is 25.8 Å². The van der Waals surface area contributed by atoms with Crippen molar-refractivity contribution < 1.29 is 27.4 Å². The van der Waals surface area contributed by atoms with E-state index in [9.17, 15) is 18.4 Å². The number of nitrogens with zero attached hydrogens (tertiary/aromatic N) is 4. The number of aromatic nitrogens is 2. The zero-order valence-electron chi connectivity index (χ0n) is 27.5. The SMILES string of the molecule is CC(C)(C)c1cc(NC(=O)C(C)(C)N2CCC(F)(F)CC2)no1.CC(C)(C)c1cc(NC(=O)C(C)(C)N2CCCC2)no1. The Bertz CT molecular complexity index is 1240. The fourth-order valence-corrected chi connectivity index (χ4v) is 4.87. The second kappa shape index (κ2) is 12.6. The van der Waals surface area contributed by atoms with Gasteiger partial charge in [0.05, 0.1) is 11.1 Å². The van der Waals surface area contributed by atoms with Gasteiger partial charge in [-0.05, 0) is 53.6 Å². The molecule has 2 saturated heterocycles. The minimum atomic E-state index is -2.63. The maximum absolute atomic E-state index is 13.3. The lowest BCUT2D eigenvalue weighted by Gasteiger charge is -2.41. The average Bonchev–Trinajstić information content (AvgIpc) is 3.65. The molecular formula is C31H50F2N6O4. The second-order valence-electron chi connectivity index (χ2n) is 14.7. The van der Waals surface area contributed by atoms with Gasteiger partial charge in [0.15, 0.2) is 11.6 Å². The van der Waals surface area contributed by atoms with E-state index in [1.165, 1.54) is 0 Å². The topological polar surface area (TPSA) is 117 Å². The summed E-state index contributed by atoms with van der Waals surface area (Å²) in [6.45, 7) is 21.8. The number of halogens is 2. The van der Waals surface area contributed by atoms with Crippen molar-refractivity contribution in [1.82, 2.24) is 20.1 Å². The number of likely N-dealkylation sites (tertiary alicyclic amines) is 2. The first kappa shape index (κ1) is 34.6. The molecule has 0 radical (unpaired) electrons. The number of amides is 2. The zero-order valence-corrected chi connectivity index (χ0v) is 27.5. The van der Waals surface area contributed by atoms with Gasteiger partial charge in [0.25, 0.3) is 5.92 Å². The van der Waals surface area contributed by atoms with Crippen LogP contribution in [0.4, 0.5) is 20.4 Å². The van der Waals surface area contributed by atoms with Crippen LogP contribution in [0.15, 0.2) is 21.2 Å². The highest BCUT2D eigenvalue weighted by Crippen LogP contribution is 2.32. The molecule has 242 valence electrons. The molecule has 10 nitrogen and oxygen atoms in total. The number of nitrogens with one attached hydrogen (secondary N) is 2. The summed E-state index contributed by atoms with van der Waals surface area (Å²) >= 11 is 0. The third-order valence-corrected chi connectivity index (χ3v) is 8.28. The molecule has 2 N–H and O–H groups in total. The molecule has 43 heavy (non-hydrogen) atoms. The molecule has 0 spiro atoms. The van der Waals surface area contributed by atoms with Gasteiger partial charge in [-0.3, -0.25) is 19.4 Å².